The van der Waals surface area contributed by atoms with Crippen molar-refractivity contribution in [1.29, 1.82) is 0 Å². The van der Waals surface area contributed by atoms with Gasteiger partial charge < -0.3 is 30.9 Å². The van der Waals surface area contributed by atoms with Gasteiger partial charge in [0, 0.05) is 28.3 Å². The van der Waals surface area contributed by atoms with Crippen molar-refractivity contribution in [2.45, 2.75) is 24.5 Å². The molecular formula is C43H28N12O24S5. The number of carbonyl (C=O) groups excluding carboxylic acids is 1. The molecule has 0 atom stereocenters. The quantitative estimate of drug-likeness (QED) is 0.00973. The maximum atomic E-state index is 13.1. The number of non-ortho nitro benzene ring substituents is 1. The molecule has 0 aliphatic heterocycles. The Morgan fingerprint density at radius 2 is 1.12 bits per heavy atom. The third-order valence-corrected chi connectivity index (χ3v) is 15.7. The largest absolute Gasteiger partial charge is 0.505 e. The van der Waals surface area contributed by atoms with Crippen molar-refractivity contribution in [3.63, 3.8) is 0 Å². The van der Waals surface area contributed by atoms with Crippen molar-refractivity contribution in [2.75, 3.05) is 5.73 Å². The minimum absolute atomic E-state index is 0.0745. The fourth-order valence-electron chi connectivity index (χ4n) is 7.57. The van der Waals surface area contributed by atoms with Crippen molar-refractivity contribution < 1.29 is 105 Å². The first kappa shape index (κ1) is 59.9. The molecule has 434 valence electrons. The number of aromatic carboxylic acids is 1. The number of ether oxygens (including phenoxy) is 1. The molecule has 1 aromatic heterocycles. The average molecular weight is 1260 g/mol. The van der Waals surface area contributed by atoms with Crippen molar-refractivity contribution >= 4 is 141 Å². The van der Waals surface area contributed by atoms with E-state index in [4.69, 9.17) is 10.5 Å². The van der Waals surface area contributed by atoms with Gasteiger partial charge in [0.2, 0.25) is 11.6 Å². The molecule has 0 aliphatic rings. The number of carboxylic acids is 1. The van der Waals surface area contributed by atoms with Gasteiger partial charge in [0.15, 0.2) is 11.5 Å². The smallest absolute Gasteiger partial charge is 0.335 e. The van der Waals surface area contributed by atoms with Crippen LogP contribution in [0, 0.1) is 10.1 Å². The number of fused-ring (bicyclic) bond motifs is 2. The predicted octanol–water partition coefficient (Wildman–Crippen LogP) is 7.91. The number of phenolic OH excluding ortho intramolecular Hbond substituents is 2. The number of rotatable bonds is 18. The highest BCUT2D eigenvalue weighted by Crippen LogP contribution is 2.49. The summed E-state index contributed by atoms with van der Waals surface area (Å²) in [4.78, 5) is 28.2. The second kappa shape index (κ2) is 21.9. The number of nitrogens with two attached hydrogens (primary N) is 1. The number of aromatic nitrogens is 2. The van der Waals surface area contributed by atoms with E-state index >= 15 is 0 Å². The van der Waals surface area contributed by atoms with Crippen LogP contribution in [0.3, 0.4) is 0 Å². The van der Waals surface area contributed by atoms with Crippen LogP contribution in [-0.2, 0) is 55.4 Å². The third kappa shape index (κ3) is 12.2. The number of phenols is 2. The lowest BCUT2D eigenvalue weighted by Crippen LogP contribution is -2.03. The van der Waals surface area contributed by atoms with Crippen LogP contribution < -0.4 is 10.5 Å². The standard InChI is InChI=1S/C43H28N12O24S5/c44-35-30(16-31(81(67,68)69)25-7-9-28(39(58)34(25)35)48-47-27-8-3-22(55(62)63)14-32(27)82(70,71)72)50-49-29-10-6-24-26(40(29)84(76,77)78)15-33(83(73,74)75)36(38(24)57)51-45-19-11-18(43(60)61)12-20(13-19)46-52-37-41(79-17-56)53-54(42(37)59)21-1-4-23(5-2-21)80(64,65)66/h1-17,57-59H,44H2,(H,60,61)(H,64,65,66)(H,67,68,69)(H,70,71,72)(H,73,74,75)(H,76,77,78)/b48-47?,50-49?,51-45?,52-46+. The molecule has 8 aromatic rings. The van der Waals surface area contributed by atoms with E-state index in [9.17, 15) is 105 Å². The number of hydrogen-bond acceptors (Lipinski definition) is 28. The lowest BCUT2D eigenvalue weighted by molar-refractivity contribution is -0.385. The Labute approximate surface area is 466 Å². The Morgan fingerprint density at radius 3 is 1.68 bits per heavy atom. The number of nitrogens with zero attached hydrogens (tertiary/aromatic N) is 11. The Bertz CT molecular complexity index is 4920. The van der Waals surface area contributed by atoms with E-state index in [2.05, 4.69) is 46.0 Å². The maximum Gasteiger partial charge on any atom is 0.335 e. The van der Waals surface area contributed by atoms with Gasteiger partial charge >= 0.3 is 5.97 Å². The normalized spacial score (nSPS) is 12.8. The molecule has 0 unspecified atom stereocenters. The molecule has 1 heterocycles. The van der Waals surface area contributed by atoms with Gasteiger partial charge in [-0.15, -0.1) is 35.8 Å². The van der Waals surface area contributed by atoms with E-state index in [-0.39, 0.29) is 12.2 Å². The second-order valence-corrected chi connectivity index (χ2v) is 23.4. The summed E-state index contributed by atoms with van der Waals surface area (Å²) in [5, 5.41) is 85.5. The number of aromatic hydroxyl groups is 3. The number of benzene rings is 7. The minimum atomic E-state index is -5.68. The van der Waals surface area contributed by atoms with E-state index in [0.717, 1.165) is 78.9 Å². The Kier molecular flexibility index (Phi) is 15.6. The van der Waals surface area contributed by atoms with Crippen LogP contribution in [0.25, 0.3) is 27.2 Å². The number of carboxylic acid groups (broad SMARTS) is 1. The third-order valence-electron chi connectivity index (χ3n) is 11.2. The summed E-state index contributed by atoms with van der Waals surface area (Å²) in [5.41, 5.74) is -1.84. The van der Waals surface area contributed by atoms with Crippen LogP contribution in [0.5, 0.6) is 23.3 Å². The number of anilines is 1. The van der Waals surface area contributed by atoms with E-state index in [1.54, 1.807) is 0 Å². The van der Waals surface area contributed by atoms with Crippen molar-refractivity contribution in [3.05, 3.63) is 113 Å². The van der Waals surface area contributed by atoms with E-state index in [0.29, 0.717) is 22.9 Å². The summed E-state index contributed by atoms with van der Waals surface area (Å²) < 4.78 is 180. The zero-order valence-corrected chi connectivity index (χ0v) is 44.6. The van der Waals surface area contributed by atoms with Gasteiger partial charge in [-0.05, 0) is 78.9 Å². The molecule has 0 saturated heterocycles. The van der Waals surface area contributed by atoms with Crippen molar-refractivity contribution in [1.82, 2.24) is 9.78 Å². The molecule has 0 radical (unpaired) electrons. The average Bonchev–Trinajstić information content (AvgIpc) is 2.58. The predicted molar refractivity (Wildman–Crippen MR) is 280 cm³/mol. The van der Waals surface area contributed by atoms with Crippen LogP contribution in [-0.4, -0.2) is 112 Å². The molecule has 0 spiro atoms. The van der Waals surface area contributed by atoms with Gasteiger partial charge in [0.1, 0.15) is 48.0 Å². The topological polar surface area (TPSA) is 582 Å². The lowest BCUT2D eigenvalue weighted by Gasteiger charge is -2.13. The fraction of sp³-hybridized carbons (Fsp3) is 0. The Morgan fingerprint density at radius 1 is 0.571 bits per heavy atom. The molecular weight excluding hydrogens is 1230 g/mol. The summed E-state index contributed by atoms with van der Waals surface area (Å²) >= 11 is 0. The zero-order chi connectivity index (χ0) is 61.8. The van der Waals surface area contributed by atoms with Crippen LogP contribution in [0.4, 0.5) is 56.9 Å². The summed E-state index contributed by atoms with van der Waals surface area (Å²) in [6, 6.07) is 12.9. The van der Waals surface area contributed by atoms with Crippen molar-refractivity contribution in [3.8, 4) is 28.9 Å². The molecule has 0 aliphatic carbocycles. The Balaban J connectivity index is 1.20. The van der Waals surface area contributed by atoms with E-state index in [1.165, 1.54) is 0 Å². The van der Waals surface area contributed by atoms with Crippen LogP contribution in [0.1, 0.15) is 10.4 Å². The molecule has 0 bridgehead atoms. The molecule has 0 fully saturated rings. The minimum Gasteiger partial charge on any atom is -0.505 e. The molecule has 36 nitrogen and oxygen atoms in total. The lowest BCUT2D eigenvalue weighted by atomic mass is 10.1. The number of nitrogen functional groups attached to an aromatic ring is 1. The fourth-order valence-corrected chi connectivity index (χ4v) is 10.9. The molecule has 8 rings (SSSR count). The number of carbonyl (C=O) groups is 2. The van der Waals surface area contributed by atoms with Gasteiger partial charge in [-0.3, -0.25) is 37.7 Å². The Hall–Kier alpha value is -10.2. The van der Waals surface area contributed by atoms with Crippen LogP contribution in [0.15, 0.2) is 162 Å². The maximum absolute atomic E-state index is 13.1. The summed E-state index contributed by atoms with van der Waals surface area (Å²) in [7, 11) is -26.5. The summed E-state index contributed by atoms with van der Waals surface area (Å²) in [6.07, 6.45) is 0. The highest BCUT2D eigenvalue weighted by atomic mass is 32.2. The number of nitro groups is 1. The molecule has 0 saturated carbocycles. The van der Waals surface area contributed by atoms with Gasteiger partial charge in [-0.25, -0.2) is 4.79 Å². The van der Waals surface area contributed by atoms with Crippen LogP contribution >= 0.6 is 0 Å². The highest BCUT2D eigenvalue weighted by molar-refractivity contribution is 7.87. The van der Waals surface area contributed by atoms with Gasteiger partial charge in [-0.2, -0.15) is 57.0 Å². The molecule has 0 amide bonds. The molecule has 84 heavy (non-hydrogen) atoms. The number of azo groups is 4. The molecule has 7 aromatic carbocycles. The monoisotopic (exact) mass is 1260 g/mol. The number of nitro benzene ring substituents is 1. The summed E-state index contributed by atoms with van der Waals surface area (Å²) in [5.74, 6) is -5.59. The van der Waals surface area contributed by atoms with Gasteiger partial charge in [-0.1, -0.05) is 6.07 Å². The first-order chi connectivity index (χ1) is 39.1. The van der Waals surface area contributed by atoms with Gasteiger partial charge in [0.25, 0.3) is 68.6 Å². The highest BCUT2D eigenvalue weighted by Gasteiger charge is 2.30. The van der Waals surface area contributed by atoms with Crippen molar-refractivity contribution in [2.24, 2.45) is 40.9 Å². The van der Waals surface area contributed by atoms with E-state index in [1.807, 2.05) is 0 Å². The van der Waals surface area contributed by atoms with Crippen LogP contribution in [0.2, 0.25) is 0 Å². The van der Waals surface area contributed by atoms with Gasteiger partial charge in [0.05, 0.1) is 43.5 Å². The molecule has 41 heteroatoms. The number of hydrogen-bond donors (Lipinski definition) is 10. The first-order valence-corrected chi connectivity index (χ1v) is 28.9. The molecule has 11 N–H and O–H groups in total. The zero-order valence-electron chi connectivity index (χ0n) is 40.5. The first-order valence-electron chi connectivity index (χ1n) is 21.7. The SMILES string of the molecule is Nc1c(N=Nc2ccc3c(O)c(N=Nc4cc(/N=N/c5c(OC=O)nn(-c6ccc(S(=O)(=O)O)cc6)c5O)cc(C(=O)O)c4)c(S(=O)(=O)O)cc3c2S(=O)(=O)O)cc(S(=O)(=O)O)c2ccc(N=Nc3ccc([N+](=O)[O-])cc3S(=O)(=O)O)c(O)c12. The second-order valence-electron chi connectivity index (χ2n) is 16.5. The van der Waals surface area contributed by atoms with E-state index < -0.39 is 193 Å². The summed E-state index contributed by atoms with van der Waals surface area (Å²) in [6.45, 7) is -0.126.